The maximum absolute atomic E-state index is 5.72. The molecular weight excluding hydrogens is 442 g/mol. The predicted molar refractivity (Wildman–Crippen MR) is 152 cm³/mol. The Morgan fingerprint density at radius 2 is 0.714 bits per heavy atom. The number of nitrogens with one attached hydrogen (secondary N) is 7. The van der Waals surface area contributed by atoms with Gasteiger partial charge in [0.1, 0.15) is 0 Å². The minimum atomic E-state index is 0.686. The van der Waals surface area contributed by atoms with E-state index in [0.717, 1.165) is 124 Å². The first-order valence-corrected chi connectivity index (χ1v) is 13.8. The first-order chi connectivity index (χ1) is 17.3. The maximum Gasteiger partial charge on any atom is 0.0108 e. The Morgan fingerprint density at radius 1 is 0.371 bits per heavy atom. The molecule has 0 saturated heterocycles. The number of rotatable bonds is 30. The zero-order chi connectivity index (χ0) is 25.5. The zero-order valence-electron chi connectivity index (χ0n) is 22.4. The molecule has 0 aliphatic heterocycles. The fraction of sp³-hybridized carbons (Fsp3) is 0.917. The van der Waals surface area contributed by atoms with E-state index in [1.807, 2.05) is 0 Å². The highest BCUT2D eigenvalue weighted by Gasteiger charge is 2.02. The Kier molecular flexibility index (Phi) is 30.7. The Balaban J connectivity index is 3.28. The van der Waals surface area contributed by atoms with Gasteiger partial charge in [-0.15, -0.1) is 0 Å². The Hall–Kier alpha value is -0.700. The van der Waals surface area contributed by atoms with Crippen molar-refractivity contribution >= 4 is 0 Å². The van der Waals surface area contributed by atoms with Crippen molar-refractivity contribution in [2.24, 2.45) is 17.2 Å². The Labute approximate surface area is 215 Å². The quantitative estimate of drug-likeness (QED) is 0.0353. The summed E-state index contributed by atoms with van der Waals surface area (Å²) in [6, 6.07) is 0. The van der Waals surface area contributed by atoms with E-state index < -0.39 is 0 Å². The molecule has 0 aliphatic carbocycles. The molecule has 0 spiro atoms. The summed E-state index contributed by atoms with van der Waals surface area (Å²) in [6.45, 7) is 18.8. The molecule has 0 aliphatic rings. The molecule has 0 aromatic heterocycles. The second-order valence-electron chi connectivity index (χ2n) is 8.51. The SMILES string of the molecule is NCCNCCNCCNCCNCCNCC/C=C/CCNCCN(CCN)CCNCCN. The van der Waals surface area contributed by atoms with Gasteiger partial charge in [0, 0.05) is 118 Å². The zero-order valence-corrected chi connectivity index (χ0v) is 22.4. The van der Waals surface area contributed by atoms with Crippen molar-refractivity contribution < 1.29 is 0 Å². The fourth-order valence-electron chi connectivity index (χ4n) is 3.39. The van der Waals surface area contributed by atoms with Gasteiger partial charge in [-0.05, 0) is 25.9 Å². The van der Waals surface area contributed by atoms with Crippen molar-refractivity contribution in [3.05, 3.63) is 12.2 Å². The van der Waals surface area contributed by atoms with Gasteiger partial charge in [0.05, 0.1) is 0 Å². The molecule has 0 amide bonds. The molecule has 0 saturated carbocycles. The second kappa shape index (κ2) is 31.3. The number of nitrogens with zero attached hydrogens (tertiary/aromatic N) is 1. The van der Waals surface area contributed by atoms with Crippen LogP contribution >= 0.6 is 0 Å². The van der Waals surface area contributed by atoms with Crippen LogP contribution < -0.4 is 54.4 Å². The normalized spacial score (nSPS) is 11.9. The third-order valence-corrected chi connectivity index (χ3v) is 5.35. The fourth-order valence-corrected chi connectivity index (χ4v) is 3.39. The van der Waals surface area contributed by atoms with Crippen LogP contribution in [0, 0.1) is 0 Å². The lowest BCUT2D eigenvalue weighted by Gasteiger charge is -2.21. The summed E-state index contributed by atoms with van der Waals surface area (Å²) in [4.78, 5) is 2.40. The number of nitrogens with two attached hydrogens (primary N) is 3. The molecule has 0 unspecified atom stereocenters. The smallest absolute Gasteiger partial charge is 0.0108 e. The van der Waals surface area contributed by atoms with E-state index in [-0.39, 0.29) is 0 Å². The highest BCUT2D eigenvalue weighted by Crippen LogP contribution is 1.87. The van der Waals surface area contributed by atoms with Gasteiger partial charge in [-0.1, -0.05) is 12.2 Å². The first kappa shape index (κ1) is 34.3. The topological polar surface area (TPSA) is 166 Å². The van der Waals surface area contributed by atoms with E-state index in [2.05, 4.69) is 54.3 Å². The van der Waals surface area contributed by atoms with Crippen LogP contribution in [0.3, 0.4) is 0 Å². The Bertz CT molecular complexity index is 413. The molecule has 0 atom stereocenters. The number of hydrogen-bond acceptors (Lipinski definition) is 11. The van der Waals surface area contributed by atoms with Crippen molar-refractivity contribution in [2.75, 3.05) is 131 Å². The standard InChI is InChI=1S/C24H59N11/c25-5-10-30-13-15-33-17-19-34-18-16-32-14-12-28-8-3-1-2-4-9-29-20-23-35(22-7-27)24-21-31-11-6-26/h1-2,28-34H,3-27H2/b2-1+. The van der Waals surface area contributed by atoms with Gasteiger partial charge in [-0.25, -0.2) is 0 Å². The summed E-state index contributed by atoms with van der Waals surface area (Å²) in [5.74, 6) is 0. The molecule has 0 bridgehead atoms. The van der Waals surface area contributed by atoms with E-state index in [0.29, 0.717) is 19.6 Å². The molecule has 210 valence electrons. The lowest BCUT2D eigenvalue weighted by atomic mass is 10.3. The van der Waals surface area contributed by atoms with E-state index in [9.17, 15) is 0 Å². The molecular formula is C24H59N11. The van der Waals surface area contributed by atoms with Crippen LogP contribution in [0.5, 0.6) is 0 Å². The average molecular weight is 502 g/mol. The van der Waals surface area contributed by atoms with Crippen molar-refractivity contribution in [3.8, 4) is 0 Å². The van der Waals surface area contributed by atoms with Crippen LogP contribution in [0.2, 0.25) is 0 Å². The van der Waals surface area contributed by atoms with E-state index in [4.69, 9.17) is 17.2 Å². The van der Waals surface area contributed by atoms with E-state index in [1.165, 1.54) is 0 Å². The second-order valence-corrected chi connectivity index (χ2v) is 8.51. The maximum atomic E-state index is 5.72. The molecule has 0 heterocycles. The van der Waals surface area contributed by atoms with Gasteiger partial charge in [-0.3, -0.25) is 4.90 Å². The van der Waals surface area contributed by atoms with Crippen molar-refractivity contribution in [1.82, 2.24) is 42.1 Å². The lowest BCUT2D eigenvalue weighted by molar-refractivity contribution is 0.280. The summed E-state index contributed by atoms with van der Waals surface area (Å²) in [5.41, 5.74) is 16.7. The average Bonchev–Trinajstić information content (AvgIpc) is 2.87. The van der Waals surface area contributed by atoms with Crippen molar-refractivity contribution in [3.63, 3.8) is 0 Å². The molecule has 0 aromatic carbocycles. The van der Waals surface area contributed by atoms with Crippen molar-refractivity contribution in [2.45, 2.75) is 12.8 Å². The van der Waals surface area contributed by atoms with Gasteiger partial charge in [0.2, 0.25) is 0 Å². The highest BCUT2D eigenvalue weighted by molar-refractivity contribution is 4.83. The predicted octanol–water partition coefficient (Wildman–Crippen LogP) is -3.37. The van der Waals surface area contributed by atoms with E-state index in [1.54, 1.807) is 0 Å². The summed E-state index contributed by atoms with van der Waals surface area (Å²) >= 11 is 0. The van der Waals surface area contributed by atoms with Crippen LogP contribution in [0.1, 0.15) is 12.8 Å². The molecule has 11 nitrogen and oxygen atoms in total. The van der Waals surface area contributed by atoms with Crippen molar-refractivity contribution in [1.29, 1.82) is 0 Å². The minimum absolute atomic E-state index is 0.686. The lowest BCUT2D eigenvalue weighted by Crippen LogP contribution is -2.40. The summed E-state index contributed by atoms with van der Waals surface area (Å²) in [6.07, 6.45) is 6.71. The van der Waals surface area contributed by atoms with Crippen LogP contribution in [0.4, 0.5) is 0 Å². The van der Waals surface area contributed by atoms with Crippen LogP contribution in [-0.2, 0) is 0 Å². The third kappa shape index (κ3) is 29.4. The molecule has 13 N–H and O–H groups in total. The van der Waals surface area contributed by atoms with Gasteiger partial charge < -0.3 is 54.4 Å². The Morgan fingerprint density at radius 3 is 1.11 bits per heavy atom. The largest absolute Gasteiger partial charge is 0.329 e. The van der Waals surface area contributed by atoms with Gasteiger partial charge in [0.25, 0.3) is 0 Å². The molecule has 0 radical (unpaired) electrons. The molecule has 0 aromatic rings. The molecule has 0 fully saturated rings. The summed E-state index contributed by atoms with van der Waals surface area (Å²) in [7, 11) is 0. The van der Waals surface area contributed by atoms with Gasteiger partial charge in [0.15, 0.2) is 0 Å². The van der Waals surface area contributed by atoms with Gasteiger partial charge in [-0.2, -0.15) is 0 Å². The number of hydrogen-bond donors (Lipinski definition) is 10. The van der Waals surface area contributed by atoms with Crippen LogP contribution in [0.25, 0.3) is 0 Å². The summed E-state index contributed by atoms with van der Waals surface area (Å²) in [5, 5.41) is 23.9. The summed E-state index contributed by atoms with van der Waals surface area (Å²) < 4.78 is 0. The van der Waals surface area contributed by atoms with E-state index >= 15 is 0 Å². The first-order valence-electron chi connectivity index (χ1n) is 13.8. The van der Waals surface area contributed by atoms with Gasteiger partial charge >= 0.3 is 0 Å². The van der Waals surface area contributed by atoms with Crippen LogP contribution in [0.15, 0.2) is 12.2 Å². The highest BCUT2D eigenvalue weighted by atomic mass is 15.2. The molecule has 35 heavy (non-hydrogen) atoms. The molecule has 0 rings (SSSR count). The molecule has 11 heteroatoms. The monoisotopic (exact) mass is 501 g/mol. The third-order valence-electron chi connectivity index (χ3n) is 5.35. The van der Waals surface area contributed by atoms with Crippen LogP contribution in [-0.4, -0.2) is 136 Å². The minimum Gasteiger partial charge on any atom is -0.329 e.